The number of carbonyl (C=O) groups is 1. The number of rotatable bonds is 5. The van der Waals surface area contributed by atoms with E-state index < -0.39 is 11.8 Å². The summed E-state index contributed by atoms with van der Waals surface area (Å²) in [5.74, 6) is -1.67. The number of aromatic nitrogens is 2. The molecule has 0 unspecified atom stereocenters. The molecule has 2 rings (SSSR count). The van der Waals surface area contributed by atoms with Gasteiger partial charge >= 0.3 is 5.97 Å². The van der Waals surface area contributed by atoms with Gasteiger partial charge in [0, 0.05) is 12.1 Å². The highest BCUT2D eigenvalue weighted by atomic mass is 19.1. The molecule has 0 saturated carbocycles. The molecule has 1 heterocycles. The average molecular weight is 278 g/mol. The fourth-order valence-corrected chi connectivity index (χ4v) is 2.03. The van der Waals surface area contributed by atoms with Gasteiger partial charge in [-0.2, -0.15) is 0 Å². The first-order chi connectivity index (χ1) is 9.60. The third-order valence-electron chi connectivity index (χ3n) is 2.84. The van der Waals surface area contributed by atoms with Crippen LogP contribution in [0.4, 0.5) is 4.39 Å². The molecule has 0 spiro atoms. The van der Waals surface area contributed by atoms with Gasteiger partial charge in [0.25, 0.3) is 0 Å². The fourth-order valence-electron chi connectivity index (χ4n) is 2.03. The minimum Gasteiger partial charge on any atom is -0.477 e. The van der Waals surface area contributed by atoms with Gasteiger partial charge in [-0.3, -0.25) is 4.68 Å². The summed E-state index contributed by atoms with van der Waals surface area (Å²) in [6, 6.07) is 6.02. The predicted octanol–water partition coefficient (Wildman–Crippen LogP) is 2.81. The van der Waals surface area contributed by atoms with Crippen molar-refractivity contribution in [3.63, 3.8) is 0 Å². The quantitative estimate of drug-likeness (QED) is 0.913. The maximum absolute atomic E-state index is 14.0. The van der Waals surface area contributed by atoms with Crippen LogP contribution in [0.5, 0.6) is 5.88 Å². The minimum atomic E-state index is -1.19. The molecule has 0 aliphatic carbocycles. The van der Waals surface area contributed by atoms with E-state index in [0.717, 1.165) is 0 Å². The molecule has 0 radical (unpaired) electrons. The zero-order valence-corrected chi connectivity index (χ0v) is 11.3. The lowest BCUT2D eigenvalue weighted by molar-refractivity contribution is 0.0693. The van der Waals surface area contributed by atoms with Crippen LogP contribution in [-0.4, -0.2) is 27.5 Å². The summed E-state index contributed by atoms with van der Waals surface area (Å²) in [7, 11) is 0. The molecule has 2 aromatic rings. The van der Waals surface area contributed by atoms with Crippen molar-refractivity contribution in [3.05, 3.63) is 35.6 Å². The Morgan fingerprint density at radius 3 is 2.65 bits per heavy atom. The number of benzene rings is 1. The van der Waals surface area contributed by atoms with Crippen LogP contribution < -0.4 is 4.74 Å². The maximum atomic E-state index is 14.0. The second-order valence-corrected chi connectivity index (χ2v) is 4.06. The summed E-state index contributed by atoms with van der Waals surface area (Å²) in [6.07, 6.45) is 0. The number of nitrogens with zero attached hydrogens (tertiary/aromatic N) is 2. The topological polar surface area (TPSA) is 64.4 Å². The van der Waals surface area contributed by atoms with E-state index in [9.17, 15) is 14.3 Å². The van der Waals surface area contributed by atoms with Gasteiger partial charge in [0.2, 0.25) is 5.88 Å². The van der Waals surface area contributed by atoms with Crippen molar-refractivity contribution in [2.45, 2.75) is 20.4 Å². The second kappa shape index (κ2) is 5.73. The normalized spacial score (nSPS) is 10.6. The van der Waals surface area contributed by atoms with Gasteiger partial charge in [-0.25, -0.2) is 9.18 Å². The lowest BCUT2D eigenvalue weighted by Crippen LogP contribution is -2.04. The molecule has 0 aliphatic rings. The first-order valence-corrected chi connectivity index (χ1v) is 6.31. The fraction of sp³-hybridized carbons (Fsp3) is 0.286. The van der Waals surface area contributed by atoms with Crippen molar-refractivity contribution < 1.29 is 19.0 Å². The number of carboxylic acid groups (broad SMARTS) is 1. The van der Waals surface area contributed by atoms with Gasteiger partial charge in [0.1, 0.15) is 11.4 Å². The van der Waals surface area contributed by atoms with Crippen LogP contribution >= 0.6 is 0 Å². The summed E-state index contributed by atoms with van der Waals surface area (Å²) in [5.41, 5.74) is 0.311. The zero-order chi connectivity index (χ0) is 14.7. The number of halogens is 1. The number of hydrogen-bond donors (Lipinski definition) is 1. The summed E-state index contributed by atoms with van der Waals surface area (Å²) in [4.78, 5) is 11.5. The molecule has 0 aliphatic heterocycles. The van der Waals surface area contributed by atoms with E-state index in [1.54, 1.807) is 26.0 Å². The number of ether oxygens (including phenoxy) is 1. The van der Waals surface area contributed by atoms with Crippen molar-refractivity contribution in [3.8, 4) is 17.1 Å². The van der Waals surface area contributed by atoms with E-state index in [4.69, 9.17) is 4.74 Å². The van der Waals surface area contributed by atoms with Crippen LogP contribution in [0, 0.1) is 5.82 Å². The Bertz CT molecular complexity index is 637. The van der Waals surface area contributed by atoms with E-state index in [1.165, 1.54) is 16.8 Å². The van der Waals surface area contributed by atoms with Gasteiger partial charge in [-0.1, -0.05) is 12.1 Å². The molecule has 0 amide bonds. The maximum Gasteiger partial charge on any atom is 0.343 e. The Morgan fingerprint density at radius 1 is 1.40 bits per heavy atom. The molecule has 0 atom stereocenters. The monoisotopic (exact) mass is 278 g/mol. The highest BCUT2D eigenvalue weighted by Gasteiger charge is 2.26. The largest absolute Gasteiger partial charge is 0.477 e. The minimum absolute atomic E-state index is 0.0140. The first-order valence-electron chi connectivity index (χ1n) is 6.31. The van der Waals surface area contributed by atoms with Crippen LogP contribution in [0.25, 0.3) is 11.3 Å². The first kappa shape index (κ1) is 14.0. The van der Waals surface area contributed by atoms with E-state index in [0.29, 0.717) is 6.54 Å². The standard InChI is InChI=1S/C14H15FN2O3/c1-3-17-12(9-7-5-6-8-10(9)15)11(14(18)19)13(16-17)20-4-2/h5-8H,3-4H2,1-2H3,(H,18,19). The number of hydrogen-bond acceptors (Lipinski definition) is 3. The van der Waals surface area contributed by atoms with Crippen molar-refractivity contribution in [1.29, 1.82) is 0 Å². The molecule has 20 heavy (non-hydrogen) atoms. The van der Waals surface area contributed by atoms with Gasteiger partial charge in [0.15, 0.2) is 0 Å². The van der Waals surface area contributed by atoms with Crippen molar-refractivity contribution in [2.75, 3.05) is 6.61 Å². The summed E-state index contributed by atoms with van der Waals surface area (Å²) in [5, 5.41) is 13.5. The summed E-state index contributed by atoms with van der Waals surface area (Å²) >= 11 is 0. The third-order valence-corrected chi connectivity index (χ3v) is 2.84. The van der Waals surface area contributed by atoms with Gasteiger partial charge in [-0.05, 0) is 26.0 Å². The lowest BCUT2D eigenvalue weighted by atomic mass is 10.1. The molecular weight excluding hydrogens is 263 g/mol. The molecule has 106 valence electrons. The number of aryl methyl sites for hydroxylation is 1. The smallest absolute Gasteiger partial charge is 0.343 e. The van der Waals surface area contributed by atoms with Gasteiger partial charge < -0.3 is 9.84 Å². The Kier molecular flexibility index (Phi) is 4.02. The summed E-state index contributed by atoms with van der Waals surface area (Å²) < 4.78 is 20.6. The molecule has 5 nitrogen and oxygen atoms in total. The second-order valence-electron chi connectivity index (χ2n) is 4.06. The zero-order valence-electron chi connectivity index (χ0n) is 11.3. The molecule has 0 fully saturated rings. The molecule has 1 aromatic carbocycles. The SMILES string of the molecule is CCOc1nn(CC)c(-c2ccccc2F)c1C(=O)O. The lowest BCUT2D eigenvalue weighted by Gasteiger charge is -2.07. The van der Waals surface area contributed by atoms with Crippen LogP contribution in [0.3, 0.4) is 0 Å². The Hall–Kier alpha value is -2.37. The molecular formula is C14H15FN2O3. The Labute approximate surface area is 115 Å². The van der Waals surface area contributed by atoms with E-state index in [1.807, 2.05) is 0 Å². The van der Waals surface area contributed by atoms with Crippen LogP contribution in [-0.2, 0) is 6.54 Å². The molecule has 1 N–H and O–H groups in total. The third kappa shape index (κ3) is 2.36. The highest BCUT2D eigenvalue weighted by Crippen LogP contribution is 2.32. The van der Waals surface area contributed by atoms with Crippen molar-refractivity contribution in [1.82, 2.24) is 9.78 Å². The Balaban J connectivity index is 2.73. The molecule has 6 heteroatoms. The number of carboxylic acids is 1. The molecule has 0 saturated heterocycles. The van der Waals surface area contributed by atoms with E-state index in [2.05, 4.69) is 5.10 Å². The molecule has 1 aromatic heterocycles. The van der Waals surface area contributed by atoms with Crippen LogP contribution in [0.1, 0.15) is 24.2 Å². The van der Waals surface area contributed by atoms with Crippen LogP contribution in [0.15, 0.2) is 24.3 Å². The average Bonchev–Trinajstić information content (AvgIpc) is 2.78. The van der Waals surface area contributed by atoms with Crippen molar-refractivity contribution >= 4 is 5.97 Å². The van der Waals surface area contributed by atoms with Gasteiger partial charge in [0.05, 0.1) is 12.3 Å². The molecule has 0 bridgehead atoms. The van der Waals surface area contributed by atoms with Crippen molar-refractivity contribution in [2.24, 2.45) is 0 Å². The Morgan fingerprint density at radius 2 is 2.10 bits per heavy atom. The van der Waals surface area contributed by atoms with E-state index in [-0.39, 0.29) is 29.3 Å². The summed E-state index contributed by atoms with van der Waals surface area (Å²) in [6.45, 7) is 4.24. The van der Waals surface area contributed by atoms with E-state index >= 15 is 0 Å². The highest BCUT2D eigenvalue weighted by molar-refractivity contribution is 5.97. The number of aromatic carboxylic acids is 1. The van der Waals surface area contributed by atoms with Crippen LogP contribution in [0.2, 0.25) is 0 Å². The predicted molar refractivity (Wildman–Crippen MR) is 71.4 cm³/mol. The van der Waals surface area contributed by atoms with Gasteiger partial charge in [-0.15, -0.1) is 5.10 Å².